The first-order valence-electron chi connectivity index (χ1n) is 5.73. The second kappa shape index (κ2) is 5.64. The van der Waals surface area contributed by atoms with E-state index in [0.29, 0.717) is 13.2 Å². The molecular formula is C11H12BF2NO4. The molecule has 0 unspecified atom stereocenters. The highest BCUT2D eigenvalue weighted by molar-refractivity contribution is 6.58. The van der Waals surface area contributed by atoms with Crippen LogP contribution in [0.15, 0.2) is 12.1 Å². The second-order valence-electron chi connectivity index (χ2n) is 4.14. The van der Waals surface area contributed by atoms with Crippen LogP contribution in [-0.2, 0) is 4.74 Å². The summed E-state index contributed by atoms with van der Waals surface area (Å²) in [6, 6.07) is 1.48. The van der Waals surface area contributed by atoms with E-state index in [1.165, 1.54) is 4.90 Å². The Morgan fingerprint density at radius 1 is 1.21 bits per heavy atom. The Bertz CT molecular complexity index is 469. The van der Waals surface area contributed by atoms with Crippen molar-refractivity contribution in [2.45, 2.75) is 0 Å². The molecule has 1 fully saturated rings. The van der Waals surface area contributed by atoms with Gasteiger partial charge in [0, 0.05) is 13.1 Å². The topological polar surface area (TPSA) is 70.0 Å². The number of morpholine rings is 1. The van der Waals surface area contributed by atoms with Crippen LogP contribution in [-0.4, -0.2) is 54.3 Å². The van der Waals surface area contributed by atoms with E-state index in [1.807, 2.05) is 0 Å². The Kier molecular flexibility index (Phi) is 4.13. The molecule has 1 heterocycles. The lowest BCUT2D eigenvalue weighted by atomic mass is 9.79. The molecule has 2 N–H and O–H groups in total. The quantitative estimate of drug-likeness (QED) is 0.685. The Morgan fingerprint density at radius 2 is 1.74 bits per heavy atom. The van der Waals surface area contributed by atoms with Crippen molar-refractivity contribution in [3.8, 4) is 0 Å². The fraction of sp³-hybridized carbons (Fsp3) is 0.364. The summed E-state index contributed by atoms with van der Waals surface area (Å²) in [4.78, 5) is 13.3. The molecule has 0 spiro atoms. The van der Waals surface area contributed by atoms with Gasteiger partial charge in [-0.2, -0.15) is 0 Å². The smallest absolute Gasteiger partial charge is 0.423 e. The Morgan fingerprint density at radius 3 is 2.21 bits per heavy atom. The fourth-order valence-corrected chi connectivity index (χ4v) is 1.87. The van der Waals surface area contributed by atoms with Crippen molar-refractivity contribution in [2.75, 3.05) is 26.3 Å². The maximum atomic E-state index is 13.7. The van der Waals surface area contributed by atoms with Crippen LogP contribution >= 0.6 is 0 Å². The first-order valence-corrected chi connectivity index (χ1v) is 5.73. The van der Waals surface area contributed by atoms with Crippen molar-refractivity contribution >= 4 is 18.5 Å². The van der Waals surface area contributed by atoms with Crippen LogP contribution in [0.3, 0.4) is 0 Å². The van der Waals surface area contributed by atoms with Crippen LogP contribution in [0.5, 0.6) is 0 Å². The number of nitrogens with zero attached hydrogens (tertiary/aromatic N) is 1. The lowest BCUT2D eigenvalue weighted by molar-refractivity contribution is 0.0296. The summed E-state index contributed by atoms with van der Waals surface area (Å²) >= 11 is 0. The Labute approximate surface area is 108 Å². The highest BCUT2D eigenvalue weighted by Gasteiger charge is 2.26. The predicted molar refractivity (Wildman–Crippen MR) is 62.9 cm³/mol. The molecule has 0 aromatic heterocycles. The van der Waals surface area contributed by atoms with Crippen molar-refractivity contribution in [2.24, 2.45) is 0 Å². The lowest BCUT2D eigenvalue weighted by Gasteiger charge is -2.27. The average molecular weight is 271 g/mol. The second-order valence-corrected chi connectivity index (χ2v) is 4.14. The summed E-state index contributed by atoms with van der Waals surface area (Å²) in [7, 11) is -1.99. The summed E-state index contributed by atoms with van der Waals surface area (Å²) < 4.78 is 32.5. The average Bonchev–Trinajstić information content (AvgIpc) is 2.38. The molecular weight excluding hydrogens is 259 g/mol. The molecule has 1 aliphatic rings. The molecule has 0 saturated carbocycles. The zero-order chi connectivity index (χ0) is 14.0. The maximum absolute atomic E-state index is 13.7. The van der Waals surface area contributed by atoms with Crippen molar-refractivity contribution in [1.82, 2.24) is 4.90 Å². The lowest BCUT2D eigenvalue weighted by Crippen LogP contribution is -2.42. The number of carbonyl (C=O) groups is 1. The van der Waals surface area contributed by atoms with Gasteiger partial charge in [-0.3, -0.25) is 4.79 Å². The largest absolute Gasteiger partial charge is 0.488 e. The molecule has 8 heteroatoms. The van der Waals surface area contributed by atoms with Crippen LogP contribution in [0, 0.1) is 11.6 Å². The van der Waals surface area contributed by atoms with Gasteiger partial charge in [-0.05, 0) is 17.6 Å². The molecule has 1 aromatic carbocycles. The van der Waals surface area contributed by atoms with Gasteiger partial charge in [0.05, 0.1) is 13.2 Å². The van der Waals surface area contributed by atoms with Gasteiger partial charge in [-0.15, -0.1) is 0 Å². The highest BCUT2D eigenvalue weighted by Crippen LogP contribution is 2.15. The summed E-state index contributed by atoms with van der Waals surface area (Å²) in [5, 5.41) is 17.7. The molecule has 0 atom stereocenters. The molecule has 1 aliphatic heterocycles. The summed E-state index contributed by atoms with van der Waals surface area (Å²) in [5.74, 6) is -2.99. The highest BCUT2D eigenvalue weighted by atomic mass is 19.1. The number of rotatable bonds is 2. The molecule has 1 aromatic rings. The molecule has 1 saturated heterocycles. The van der Waals surface area contributed by atoms with Crippen molar-refractivity contribution < 1.29 is 28.4 Å². The number of ether oxygens (including phenoxy) is 1. The van der Waals surface area contributed by atoms with E-state index in [2.05, 4.69) is 0 Å². The standard InChI is InChI=1S/C11H12BF2NO4/c13-8-5-7(12(17)18)6-9(14)10(8)11(16)15-1-3-19-4-2-15/h5-6,17-18H,1-4H2. The SMILES string of the molecule is O=C(c1c(F)cc(B(O)O)cc1F)N1CCOCC1. The summed E-state index contributed by atoms with van der Waals surface area (Å²) in [5.41, 5.74) is -1.03. The molecule has 1 amide bonds. The molecule has 0 aliphatic carbocycles. The number of hydrogen-bond donors (Lipinski definition) is 2. The third-order valence-electron chi connectivity index (χ3n) is 2.87. The predicted octanol–water partition coefficient (Wildman–Crippen LogP) is -0.883. The van der Waals surface area contributed by atoms with Crippen LogP contribution in [0.1, 0.15) is 10.4 Å². The van der Waals surface area contributed by atoms with Gasteiger partial charge in [0.1, 0.15) is 17.2 Å². The minimum atomic E-state index is -1.99. The Hall–Kier alpha value is -1.51. The van der Waals surface area contributed by atoms with E-state index in [0.717, 1.165) is 12.1 Å². The van der Waals surface area contributed by atoms with E-state index in [-0.39, 0.29) is 18.6 Å². The normalized spacial score (nSPS) is 15.5. The maximum Gasteiger partial charge on any atom is 0.488 e. The van der Waals surface area contributed by atoms with E-state index in [1.54, 1.807) is 0 Å². The van der Waals surface area contributed by atoms with Crippen molar-refractivity contribution in [1.29, 1.82) is 0 Å². The number of benzene rings is 1. The van der Waals surface area contributed by atoms with Gasteiger partial charge in [-0.25, -0.2) is 8.78 Å². The minimum Gasteiger partial charge on any atom is -0.423 e. The molecule has 102 valence electrons. The first-order chi connectivity index (χ1) is 9.00. The van der Waals surface area contributed by atoms with Gasteiger partial charge >= 0.3 is 7.12 Å². The fourth-order valence-electron chi connectivity index (χ4n) is 1.87. The number of carbonyl (C=O) groups excluding carboxylic acids is 1. The van der Waals surface area contributed by atoms with Crippen LogP contribution in [0.4, 0.5) is 8.78 Å². The monoisotopic (exact) mass is 271 g/mol. The molecule has 0 radical (unpaired) electrons. The van der Waals surface area contributed by atoms with E-state index < -0.39 is 30.2 Å². The molecule has 0 bridgehead atoms. The third-order valence-corrected chi connectivity index (χ3v) is 2.87. The van der Waals surface area contributed by atoms with Crippen LogP contribution in [0.25, 0.3) is 0 Å². The van der Waals surface area contributed by atoms with E-state index in [4.69, 9.17) is 14.8 Å². The molecule has 5 nitrogen and oxygen atoms in total. The zero-order valence-electron chi connectivity index (χ0n) is 9.97. The number of amides is 1. The molecule has 2 rings (SSSR count). The number of hydrogen-bond acceptors (Lipinski definition) is 4. The number of halogens is 2. The van der Waals surface area contributed by atoms with Crippen LogP contribution < -0.4 is 5.46 Å². The van der Waals surface area contributed by atoms with Gasteiger partial charge in [0.2, 0.25) is 0 Å². The summed E-state index contributed by atoms with van der Waals surface area (Å²) in [6.45, 7) is 1.18. The van der Waals surface area contributed by atoms with E-state index in [9.17, 15) is 13.6 Å². The van der Waals surface area contributed by atoms with Crippen LogP contribution in [0.2, 0.25) is 0 Å². The first kappa shape index (κ1) is 13.9. The third kappa shape index (κ3) is 2.91. The molecule has 19 heavy (non-hydrogen) atoms. The van der Waals surface area contributed by atoms with Gasteiger partial charge in [-0.1, -0.05) is 0 Å². The van der Waals surface area contributed by atoms with Crippen molar-refractivity contribution in [3.63, 3.8) is 0 Å². The van der Waals surface area contributed by atoms with Gasteiger partial charge in [0.25, 0.3) is 5.91 Å². The van der Waals surface area contributed by atoms with Gasteiger partial charge in [0.15, 0.2) is 0 Å². The summed E-state index contributed by atoms with van der Waals surface area (Å²) in [6.07, 6.45) is 0. The Balaban J connectivity index is 2.31. The zero-order valence-corrected chi connectivity index (χ0v) is 9.97. The van der Waals surface area contributed by atoms with E-state index >= 15 is 0 Å². The van der Waals surface area contributed by atoms with Gasteiger partial charge < -0.3 is 19.7 Å². The van der Waals surface area contributed by atoms with Crippen molar-refractivity contribution in [3.05, 3.63) is 29.3 Å². The minimum absolute atomic E-state index is 0.266.